The van der Waals surface area contributed by atoms with Crippen LogP contribution in [0.15, 0.2) is 28.8 Å². The molecule has 0 unspecified atom stereocenters. The van der Waals surface area contributed by atoms with Crippen LogP contribution in [0.4, 0.5) is 0 Å². The maximum absolute atomic E-state index is 12.1. The van der Waals surface area contributed by atoms with Crippen molar-refractivity contribution >= 4 is 5.91 Å². The fourth-order valence-electron chi connectivity index (χ4n) is 2.34. The molecule has 2 aromatic rings. The van der Waals surface area contributed by atoms with E-state index in [1.54, 1.807) is 6.92 Å². The number of carbonyl (C=O) groups is 1. The summed E-state index contributed by atoms with van der Waals surface area (Å²) in [5.74, 6) is 0.946. The quantitative estimate of drug-likeness (QED) is 0.860. The van der Waals surface area contributed by atoms with Crippen LogP contribution in [-0.4, -0.2) is 22.1 Å². The van der Waals surface area contributed by atoms with Crippen molar-refractivity contribution in [1.29, 1.82) is 0 Å². The van der Waals surface area contributed by atoms with E-state index in [4.69, 9.17) is 4.52 Å². The van der Waals surface area contributed by atoms with E-state index in [0.717, 1.165) is 0 Å². The van der Waals surface area contributed by atoms with E-state index in [0.29, 0.717) is 24.7 Å². The molecule has 2 N–H and O–H groups in total. The predicted molar refractivity (Wildman–Crippen MR) is 71.7 cm³/mol. The molecule has 0 radical (unpaired) electrons. The number of nitrogens with zero attached hydrogens (tertiary/aromatic N) is 2. The first-order chi connectivity index (χ1) is 9.72. The Hall–Kier alpha value is -2.21. The molecular formula is C14H16N4O2. The molecule has 20 heavy (non-hydrogen) atoms. The van der Waals surface area contributed by atoms with E-state index in [1.165, 1.54) is 11.1 Å². The minimum atomic E-state index is -0.214. The fraction of sp³-hybridized carbons (Fsp3) is 0.357. The number of amides is 1. The highest BCUT2D eigenvalue weighted by Gasteiger charge is 2.23. The first-order valence-corrected chi connectivity index (χ1v) is 6.59. The van der Waals surface area contributed by atoms with Crippen molar-refractivity contribution in [3.05, 3.63) is 47.1 Å². The Balaban J connectivity index is 1.59. The second-order valence-electron chi connectivity index (χ2n) is 4.86. The zero-order chi connectivity index (χ0) is 13.9. The molecule has 6 heteroatoms. The van der Waals surface area contributed by atoms with Crippen LogP contribution in [0.1, 0.15) is 22.8 Å². The van der Waals surface area contributed by atoms with Gasteiger partial charge in [0.2, 0.25) is 11.8 Å². The summed E-state index contributed by atoms with van der Waals surface area (Å²) >= 11 is 0. The van der Waals surface area contributed by atoms with Gasteiger partial charge in [0.05, 0.1) is 12.6 Å². The van der Waals surface area contributed by atoms with Crippen molar-refractivity contribution < 1.29 is 9.32 Å². The molecule has 2 heterocycles. The van der Waals surface area contributed by atoms with Gasteiger partial charge in [0, 0.05) is 6.54 Å². The number of carbonyl (C=O) groups excluding carboxylic acids is 1. The second-order valence-corrected chi connectivity index (χ2v) is 4.86. The molecule has 1 aromatic heterocycles. The first-order valence-electron chi connectivity index (χ1n) is 6.59. The molecular weight excluding hydrogens is 256 g/mol. The molecule has 0 bridgehead atoms. The normalized spacial score (nSPS) is 17.6. The lowest BCUT2D eigenvalue weighted by Crippen LogP contribution is -2.47. The van der Waals surface area contributed by atoms with E-state index < -0.39 is 0 Å². The summed E-state index contributed by atoms with van der Waals surface area (Å²) in [7, 11) is 0. The third kappa shape index (κ3) is 2.70. The number of nitrogens with one attached hydrogen (secondary N) is 2. The molecule has 1 atom stereocenters. The van der Waals surface area contributed by atoms with Gasteiger partial charge >= 0.3 is 0 Å². The lowest BCUT2D eigenvalue weighted by atomic mass is 9.95. The topological polar surface area (TPSA) is 80.0 Å². The molecule has 0 aliphatic carbocycles. The van der Waals surface area contributed by atoms with E-state index >= 15 is 0 Å². The molecule has 0 saturated heterocycles. The van der Waals surface area contributed by atoms with Crippen molar-refractivity contribution in [2.75, 3.05) is 0 Å². The number of hydrogen-bond acceptors (Lipinski definition) is 5. The van der Waals surface area contributed by atoms with Gasteiger partial charge in [-0.2, -0.15) is 4.98 Å². The third-order valence-corrected chi connectivity index (χ3v) is 3.38. The van der Waals surface area contributed by atoms with Crippen molar-refractivity contribution in [3.63, 3.8) is 0 Å². The minimum Gasteiger partial charge on any atom is -0.346 e. The largest absolute Gasteiger partial charge is 0.346 e. The zero-order valence-electron chi connectivity index (χ0n) is 11.2. The molecule has 1 aromatic carbocycles. The van der Waals surface area contributed by atoms with Crippen LogP contribution in [0.2, 0.25) is 0 Å². The van der Waals surface area contributed by atoms with Gasteiger partial charge in [-0.3, -0.25) is 4.79 Å². The average Bonchev–Trinajstić information content (AvgIpc) is 2.90. The molecule has 0 saturated carbocycles. The number of rotatable bonds is 3. The van der Waals surface area contributed by atoms with E-state index in [9.17, 15) is 4.79 Å². The van der Waals surface area contributed by atoms with Gasteiger partial charge in [-0.1, -0.05) is 29.4 Å². The minimum absolute atomic E-state index is 0.0460. The third-order valence-electron chi connectivity index (χ3n) is 3.38. The van der Waals surface area contributed by atoms with E-state index in [2.05, 4.69) is 32.9 Å². The maximum Gasteiger partial charge on any atom is 0.246 e. The van der Waals surface area contributed by atoms with E-state index in [-0.39, 0.29) is 18.5 Å². The van der Waals surface area contributed by atoms with Crippen LogP contribution in [0.5, 0.6) is 0 Å². The van der Waals surface area contributed by atoms with Gasteiger partial charge in [-0.25, -0.2) is 0 Å². The SMILES string of the molecule is Cc1noc(CNC(=O)[C@@H]2Cc3ccccc3CN2)n1. The average molecular weight is 272 g/mol. The van der Waals surface area contributed by atoms with E-state index in [1.807, 2.05) is 12.1 Å². The summed E-state index contributed by atoms with van der Waals surface area (Å²) < 4.78 is 4.96. The van der Waals surface area contributed by atoms with Crippen LogP contribution in [0.25, 0.3) is 0 Å². The number of hydrogen-bond donors (Lipinski definition) is 2. The summed E-state index contributed by atoms with van der Waals surface area (Å²) in [6, 6.07) is 7.95. The van der Waals surface area contributed by atoms with Gasteiger partial charge in [-0.05, 0) is 24.5 Å². The highest BCUT2D eigenvalue weighted by molar-refractivity contribution is 5.82. The first kappa shape index (κ1) is 12.8. The molecule has 3 rings (SSSR count). The molecule has 6 nitrogen and oxygen atoms in total. The van der Waals surface area contributed by atoms with Crippen molar-refractivity contribution in [1.82, 2.24) is 20.8 Å². The second kappa shape index (κ2) is 5.42. The fourth-order valence-corrected chi connectivity index (χ4v) is 2.34. The summed E-state index contributed by atoms with van der Waals surface area (Å²) in [5, 5.41) is 9.74. The van der Waals surface area contributed by atoms with Crippen LogP contribution in [0, 0.1) is 6.92 Å². The number of aromatic nitrogens is 2. The Bertz CT molecular complexity index is 623. The lowest BCUT2D eigenvalue weighted by molar-refractivity contribution is -0.123. The highest BCUT2D eigenvalue weighted by atomic mass is 16.5. The van der Waals surface area contributed by atoms with Crippen LogP contribution < -0.4 is 10.6 Å². The summed E-state index contributed by atoms with van der Waals surface area (Å²) in [4.78, 5) is 16.2. The molecule has 0 fully saturated rings. The van der Waals surface area contributed by atoms with Gasteiger partial charge < -0.3 is 15.2 Å². The Kier molecular flexibility index (Phi) is 3.47. The summed E-state index contributed by atoms with van der Waals surface area (Å²) in [6.07, 6.45) is 0.699. The number of aryl methyl sites for hydroxylation is 1. The lowest BCUT2D eigenvalue weighted by Gasteiger charge is -2.25. The van der Waals surface area contributed by atoms with Crippen LogP contribution in [0.3, 0.4) is 0 Å². The monoisotopic (exact) mass is 272 g/mol. The number of benzene rings is 1. The Morgan fingerprint density at radius 2 is 2.25 bits per heavy atom. The predicted octanol–water partition coefficient (Wildman–Crippen LogP) is 0.709. The number of fused-ring (bicyclic) bond motifs is 1. The smallest absolute Gasteiger partial charge is 0.246 e. The zero-order valence-corrected chi connectivity index (χ0v) is 11.2. The van der Waals surface area contributed by atoms with Crippen molar-refractivity contribution in [3.8, 4) is 0 Å². The molecule has 1 aliphatic rings. The van der Waals surface area contributed by atoms with Crippen LogP contribution >= 0.6 is 0 Å². The molecule has 1 aliphatic heterocycles. The Labute approximate surface area is 116 Å². The van der Waals surface area contributed by atoms with Crippen molar-refractivity contribution in [2.24, 2.45) is 0 Å². The van der Waals surface area contributed by atoms with Gasteiger partial charge in [0.1, 0.15) is 0 Å². The van der Waals surface area contributed by atoms with Gasteiger partial charge in [0.15, 0.2) is 5.82 Å². The maximum atomic E-state index is 12.1. The van der Waals surface area contributed by atoms with Gasteiger partial charge in [-0.15, -0.1) is 0 Å². The summed E-state index contributed by atoms with van der Waals surface area (Å²) in [6.45, 7) is 2.72. The van der Waals surface area contributed by atoms with Crippen molar-refractivity contribution in [2.45, 2.75) is 32.5 Å². The molecule has 104 valence electrons. The highest BCUT2D eigenvalue weighted by Crippen LogP contribution is 2.16. The Morgan fingerprint density at radius 3 is 3.00 bits per heavy atom. The van der Waals surface area contributed by atoms with Gasteiger partial charge in [0.25, 0.3) is 0 Å². The van der Waals surface area contributed by atoms with Crippen LogP contribution in [-0.2, 0) is 24.3 Å². The molecule has 0 spiro atoms. The standard InChI is InChI=1S/C14H16N4O2/c1-9-17-13(20-18-9)8-16-14(19)12-6-10-4-2-3-5-11(10)7-15-12/h2-5,12,15H,6-8H2,1H3,(H,16,19)/t12-/m0/s1. The summed E-state index contributed by atoms with van der Waals surface area (Å²) in [5.41, 5.74) is 2.48. The Morgan fingerprint density at radius 1 is 1.45 bits per heavy atom. The molecule has 1 amide bonds.